The highest BCUT2D eigenvalue weighted by atomic mass is 19.4. The molecule has 0 aliphatic carbocycles. The van der Waals surface area contributed by atoms with Gasteiger partial charge in [-0.25, -0.2) is 4.98 Å². The van der Waals surface area contributed by atoms with Crippen LogP contribution in [0.25, 0.3) is 45.1 Å². The molecule has 2 N–H and O–H groups in total. The molecule has 6 rings (SSSR count). The van der Waals surface area contributed by atoms with Gasteiger partial charge in [0.25, 0.3) is 0 Å². The van der Waals surface area contributed by atoms with Gasteiger partial charge in [-0.2, -0.15) is 18.4 Å². The number of hydrogen-bond donors (Lipinski definition) is 2. The number of nitriles is 1. The Bertz CT molecular complexity index is 2000. The van der Waals surface area contributed by atoms with Crippen LogP contribution in [0.5, 0.6) is 0 Å². The summed E-state index contributed by atoms with van der Waals surface area (Å²) < 4.78 is 46.0. The fourth-order valence-electron chi connectivity index (χ4n) is 5.64. The number of rotatable bonds is 5. The lowest BCUT2D eigenvalue weighted by Gasteiger charge is -2.13. The molecule has 6 aromatic heterocycles. The number of alkyl halides is 3. The van der Waals surface area contributed by atoms with Gasteiger partial charge in [0.2, 0.25) is 0 Å². The first-order chi connectivity index (χ1) is 20.1. The quantitative estimate of drug-likeness (QED) is 0.234. The maximum atomic E-state index is 14.3. The Kier molecular flexibility index (Phi) is 6.56. The van der Waals surface area contributed by atoms with Crippen molar-refractivity contribution in [1.29, 1.82) is 5.26 Å². The summed E-state index contributed by atoms with van der Waals surface area (Å²) in [6.07, 6.45) is -2.15. The number of pyridine rings is 4. The van der Waals surface area contributed by atoms with E-state index in [0.29, 0.717) is 39.3 Å². The van der Waals surface area contributed by atoms with E-state index in [1.54, 1.807) is 72.2 Å². The van der Waals surface area contributed by atoms with Gasteiger partial charge in [0.1, 0.15) is 6.07 Å². The first kappa shape index (κ1) is 27.2. The van der Waals surface area contributed by atoms with Crippen LogP contribution < -0.4 is 0 Å². The molecular weight excluding hydrogens is 543 g/mol. The summed E-state index contributed by atoms with van der Waals surface area (Å²) in [5, 5.41) is 31.2. The smallest absolute Gasteiger partial charge is 0.389 e. The van der Waals surface area contributed by atoms with Gasteiger partial charge in [-0.3, -0.25) is 4.98 Å². The predicted octanol–water partition coefficient (Wildman–Crippen LogP) is 6.98. The number of hydrogen-bond acceptors (Lipinski definition) is 5. The van der Waals surface area contributed by atoms with Crippen molar-refractivity contribution in [2.24, 2.45) is 0 Å². The van der Waals surface area contributed by atoms with Crippen molar-refractivity contribution < 1.29 is 23.4 Å². The monoisotopic (exact) mass is 567 g/mol. The highest BCUT2D eigenvalue weighted by Gasteiger charge is 2.40. The van der Waals surface area contributed by atoms with E-state index in [9.17, 15) is 28.6 Å². The van der Waals surface area contributed by atoms with Crippen molar-refractivity contribution in [3.05, 3.63) is 108 Å². The fraction of sp³-hybridized carbons (Fsp3) is 0.156. The first-order valence-corrected chi connectivity index (χ1v) is 13.1. The lowest BCUT2D eigenvalue weighted by molar-refractivity contribution is -0.137. The normalized spacial score (nSPS) is 13.4. The molecule has 0 aliphatic heterocycles. The second-order valence-electron chi connectivity index (χ2n) is 9.99. The molecule has 6 aromatic rings. The van der Waals surface area contributed by atoms with Crippen molar-refractivity contribution >= 4 is 11.0 Å². The van der Waals surface area contributed by atoms with Crippen molar-refractivity contribution in [1.82, 2.24) is 18.8 Å². The molecule has 0 bridgehead atoms. The standard InChI is InChI=1S/C32H24F3N5O2/c1-18(41)27-21(16-36)25-13-12-20(17-40(25)30(27)23-8-3-5-14-37-23)22-9-7-10-24(38-22)31-28(19(2)42)29(32(33,34)35)26-11-4-6-15-39(26)31/h3-15,17-19,41-42H,1-2H3. The number of aliphatic hydroxyl groups excluding tert-OH is 2. The molecule has 0 amide bonds. The van der Waals surface area contributed by atoms with Gasteiger partial charge in [0, 0.05) is 35.3 Å². The average Bonchev–Trinajstić information content (AvgIpc) is 3.51. The van der Waals surface area contributed by atoms with Crippen LogP contribution in [0.15, 0.2) is 85.3 Å². The minimum Gasteiger partial charge on any atom is -0.389 e. The summed E-state index contributed by atoms with van der Waals surface area (Å²) in [5.74, 6) is 0. The Labute approximate surface area is 238 Å². The summed E-state index contributed by atoms with van der Waals surface area (Å²) in [6.45, 7) is 2.90. The zero-order valence-corrected chi connectivity index (χ0v) is 22.5. The topological polar surface area (TPSA) is 98.8 Å². The first-order valence-electron chi connectivity index (χ1n) is 13.1. The Morgan fingerprint density at radius 2 is 1.48 bits per heavy atom. The van der Waals surface area contributed by atoms with E-state index in [2.05, 4.69) is 11.1 Å². The largest absolute Gasteiger partial charge is 0.418 e. The van der Waals surface area contributed by atoms with Crippen molar-refractivity contribution in [2.45, 2.75) is 32.2 Å². The lowest BCUT2D eigenvalue weighted by atomic mass is 10.0. The van der Waals surface area contributed by atoms with Crippen LogP contribution in [-0.2, 0) is 6.18 Å². The van der Waals surface area contributed by atoms with Gasteiger partial charge in [0.15, 0.2) is 0 Å². The maximum Gasteiger partial charge on any atom is 0.418 e. The van der Waals surface area contributed by atoms with Crippen LogP contribution in [0.3, 0.4) is 0 Å². The molecule has 0 saturated heterocycles. The molecule has 42 heavy (non-hydrogen) atoms. The molecule has 0 radical (unpaired) electrons. The summed E-state index contributed by atoms with van der Waals surface area (Å²) in [4.78, 5) is 9.20. The van der Waals surface area contributed by atoms with E-state index in [0.717, 1.165) is 0 Å². The highest BCUT2D eigenvalue weighted by Crippen LogP contribution is 2.44. The maximum absolute atomic E-state index is 14.3. The van der Waals surface area contributed by atoms with Crippen LogP contribution in [-0.4, -0.2) is 29.0 Å². The summed E-state index contributed by atoms with van der Waals surface area (Å²) in [5.41, 5.74) is 2.69. The lowest BCUT2D eigenvalue weighted by Crippen LogP contribution is -2.09. The van der Waals surface area contributed by atoms with Gasteiger partial charge < -0.3 is 19.0 Å². The summed E-state index contributed by atoms with van der Waals surface area (Å²) >= 11 is 0. The van der Waals surface area contributed by atoms with E-state index in [1.165, 1.54) is 29.7 Å². The SMILES string of the molecule is CC(O)c1c(C#N)c2ccc(-c3cccc(-c4c(C(C)O)c(C(F)(F)F)c5ccccn45)n3)cn2c1-c1ccccn1. The van der Waals surface area contributed by atoms with Crippen LogP contribution in [0.1, 0.15) is 48.3 Å². The van der Waals surface area contributed by atoms with Gasteiger partial charge in [0.05, 0.1) is 62.8 Å². The number of nitrogens with zero attached hydrogens (tertiary/aromatic N) is 5. The molecule has 0 saturated carbocycles. The zero-order chi connectivity index (χ0) is 29.8. The Morgan fingerprint density at radius 3 is 2.14 bits per heavy atom. The zero-order valence-electron chi connectivity index (χ0n) is 22.5. The third-order valence-electron chi connectivity index (χ3n) is 7.28. The molecule has 0 fully saturated rings. The average molecular weight is 568 g/mol. The van der Waals surface area contributed by atoms with Gasteiger partial charge in [-0.1, -0.05) is 18.2 Å². The van der Waals surface area contributed by atoms with E-state index in [-0.39, 0.29) is 22.5 Å². The van der Waals surface area contributed by atoms with E-state index in [4.69, 9.17) is 4.98 Å². The summed E-state index contributed by atoms with van der Waals surface area (Å²) in [6, 6.07) is 20.6. The molecule has 2 atom stereocenters. The number of aliphatic hydroxyl groups is 2. The molecule has 10 heteroatoms. The second kappa shape index (κ2) is 10.1. The third-order valence-corrected chi connectivity index (χ3v) is 7.28. The number of fused-ring (bicyclic) bond motifs is 2. The molecule has 0 aromatic carbocycles. The number of halogens is 3. The van der Waals surface area contributed by atoms with Crippen LogP contribution in [0, 0.1) is 11.3 Å². The molecule has 6 heterocycles. The molecule has 0 spiro atoms. The van der Waals surface area contributed by atoms with Gasteiger partial charge in [-0.05, 0) is 62.4 Å². The fourth-order valence-corrected chi connectivity index (χ4v) is 5.64. The Hall–Kier alpha value is -4.98. The highest BCUT2D eigenvalue weighted by molar-refractivity contribution is 5.81. The van der Waals surface area contributed by atoms with Gasteiger partial charge >= 0.3 is 6.18 Å². The Balaban J connectivity index is 1.60. The van der Waals surface area contributed by atoms with Crippen molar-refractivity contribution in [3.8, 4) is 40.1 Å². The molecule has 7 nitrogen and oxygen atoms in total. The minimum atomic E-state index is -4.70. The number of aromatic nitrogens is 4. The molecular formula is C32H24F3N5O2. The van der Waals surface area contributed by atoms with E-state index < -0.39 is 23.9 Å². The van der Waals surface area contributed by atoms with Crippen LogP contribution in [0.4, 0.5) is 13.2 Å². The van der Waals surface area contributed by atoms with Crippen molar-refractivity contribution in [2.75, 3.05) is 0 Å². The molecule has 0 aliphatic rings. The molecule has 210 valence electrons. The van der Waals surface area contributed by atoms with Crippen LogP contribution in [0.2, 0.25) is 0 Å². The van der Waals surface area contributed by atoms with Gasteiger partial charge in [-0.15, -0.1) is 0 Å². The predicted molar refractivity (Wildman–Crippen MR) is 151 cm³/mol. The van der Waals surface area contributed by atoms with E-state index in [1.807, 2.05) is 6.07 Å². The minimum absolute atomic E-state index is 0.0773. The second-order valence-corrected chi connectivity index (χ2v) is 9.99. The third kappa shape index (κ3) is 4.31. The summed E-state index contributed by atoms with van der Waals surface area (Å²) in [7, 11) is 0. The molecule has 2 unspecified atom stereocenters. The van der Waals surface area contributed by atoms with Crippen LogP contribution >= 0.6 is 0 Å². The Morgan fingerprint density at radius 1 is 0.786 bits per heavy atom. The van der Waals surface area contributed by atoms with E-state index >= 15 is 0 Å². The van der Waals surface area contributed by atoms with Crippen molar-refractivity contribution in [3.63, 3.8) is 0 Å².